The molecule has 128 valence electrons. The SMILES string of the molecule is CC(C)(C)OC(=O)N1CCC1C(=O)Nc1cc(C(C)(C)C)ns1. The van der Waals surface area contributed by atoms with Gasteiger partial charge in [-0.2, -0.15) is 4.37 Å². The third kappa shape index (κ3) is 4.43. The quantitative estimate of drug-likeness (QED) is 0.896. The second-order valence-electron chi connectivity index (χ2n) is 7.79. The van der Waals surface area contributed by atoms with Crippen LogP contribution in [0.2, 0.25) is 0 Å². The van der Waals surface area contributed by atoms with Crippen LogP contribution in [0.15, 0.2) is 6.07 Å². The first-order valence-electron chi connectivity index (χ1n) is 7.75. The molecule has 1 saturated heterocycles. The zero-order chi connectivity index (χ0) is 17.4. The molecule has 2 amide bonds. The molecule has 1 N–H and O–H groups in total. The van der Waals surface area contributed by atoms with Gasteiger partial charge in [-0.1, -0.05) is 20.8 Å². The molecule has 0 saturated carbocycles. The highest BCUT2D eigenvalue weighted by Crippen LogP contribution is 2.28. The van der Waals surface area contributed by atoms with Gasteiger partial charge in [0.15, 0.2) is 0 Å². The van der Waals surface area contributed by atoms with Crippen molar-refractivity contribution in [1.29, 1.82) is 0 Å². The van der Waals surface area contributed by atoms with Crippen LogP contribution in [0.1, 0.15) is 53.7 Å². The third-order valence-corrected chi connectivity index (χ3v) is 4.18. The summed E-state index contributed by atoms with van der Waals surface area (Å²) in [4.78, 5) is 25.9. The Bertz CT molecular complexity index is 598. The molecule has 2 rings (SSSR count). The number of anilines is 1. The lowest BCUT2D eigenvalue weighted by atomic mass is 9.92. The van der Waals surface area contributed by atoms with E-state index in [0.29, 0.717) is 18.0 Å². The van der Waals surface area contributed by atoms with E-state index in [-0.39, 0.29) is 11.3 Å². The van der Waals surface area contributed by atoms with Crippen LogP contribution in [0.5, 0.6) is 0 Å². The van der Waals surface area contributed by atoms with Gasteiger partial charge in [-0.25, -0.2) is 4.79 Å². The van der Waals surface area contributed by atoms with E-state index in [1.807, 2.05) is 26.8 Å². The van der Waals surface area contributed by atoms with Gasteiger partial charge in [-0.05, 0) is 44.8 Å². The maximum Gasteiger partial charge on any atom is 0.410 e. The highest BCUT2D eigenvalue weighted by molar-refractivity contribution is 7.10. The summed E-state index contributed by atoms with van der Waals surface area (Å²) >= 11 is 1.26. The molecule has 1 unspecified atom stereocenters. The molecule has 1 aromatic heterocycles. The average molecular weight is 339 g/mol. The van der Waals surface area contributed by atoms with Crippen molar-refractivity contribution in [1.82, 2.24) is 9.27 Å². The van der Waals surface area contributed by atoms with Gasteiger partial charge in [-0.15, -0.1) is 0 Å². The van der Waals surface area contributed by atoms with Crippen molar-refractivity contribution in [2.24, 2.45) is 0 Å². The topological polar surface area (TPSA) is 71.5 Å². The number of rotatable bonds is 2. The highest BCUT2D eigenvalue weighted by Gasteiger charge is 2.40. The van der Waals surface area contributed by atoms with Gasteiger partial charge < -0.3 is 10.1 Å². The molecule has 1 fully saturated rings. The molecular weight excluding hydrogens is 314 g/mol. The molecule has 2 heterocycles. The number of likely N-dealkylation sites (tertiary alicyclic amines) is 1. The van der Waals surface area contributed by atoms with Crippen molar-refractivity contribution >= 4 is 28.5 Å². The van der Waals surface area contributed by atoms with Crippen LogP contribution in [-0.4, -0.2) is 39.5 Å². The number of nitrogens with zero attached hydrogens (tertiary/aromatic N) is 2. The number of aromatic nitrogens is 1. The smallest absolute Gasteiger partial charge is 0.410 e. The van der Waals surface area contributed by atoms with Crippen LogP contribution >= 0.6 is 11.5 Å². The zero-order valence-corrected chi connectivity index (χ0v) is 15.4. The molecule has 1 aliphatic heterocycles. The standard InChI is InChI=1S/C16H25N3O3S/c1-15(2,3)11-9-12(23-18-11)17-13(20)10-7-8-19(10)14(21)22-16(4,5)6/h9-10H,7-8H2,1-6H3,(H,17,20). The molecule has 1 atom stereocenters. The lowest BCUT2D eigenvalue weighted by molar-refractivity contribution is -0.125. The summed E-state index contributed by atoms with van der Waals surface area (Å²) in [5.41, 5.74) is 0.321. The largest absolute Gasteiger partial charge is 0.444 e. The van der Waals surface area contributed by atoms with E-state index in [4.69, 9.17) is 4.74 Å². The zero-order valence-electron chi connectivity index (χ0n) is 14.6. The van der Waals surface area contributed by atoms with E-state index < -0.39 is 17.7 Å². The van der Waals surface area contributed by atoms with Gasteiger partial charge in [0.1, 0.15) is 16.6 Å². The fraction of sp³-hybridized carbons (Fsp3) is 0.688. The minimum absolute atomic E-state index is 0.0570. The van der Waals surface area contributed by atoms with E-state index >= 15 is 0 Å². The molecule has 6 nitrogen and oxygen atoms in total. The minimum atomic E-state index is -0.563. The predicted octanol–water partition coefficient (Wildman–Crippen LogP) is 3.39. The van der Waals surface area contributed by atoms with Crippen LogP contribution in [0, 0.1) is 0 Å². The monoisotopic (exact) mass is 339 g/mol. The van der Waals surface area contributed by atoms with Gasteiger partial charge in [0.2, 0.25) is 5.91 Å². The third-order valence-electron chi connectivity index (χ3n) is 3.48. The summed E-state index contributed by atoms with van der Waals surface area (Å²) in [5.74, 6) is -0.189. The van der Waals surface area contributed by atoms with Crippen molar-refractivity contribution < 1.29 is 14.3 Å². The van der Waals surface area contributed by atoms with Crippen LogP contribution in [0.25, 0.3) is 0 Å². The first-order chi connectivity index (χ1) is 10.5. The molecule has 23 heavy (non-hydrogen) atoms. The molecule has 0 spiro atoms. The second-order valence-corrected chi connectivity index (χ2v) is 8.60. The van der Waals surface area contributed by atoms with Crippen LogP contribution < -0.4 is 5.32 Å². The maximum atomic E-state index is 12.4. The van der Waals surface area contributed by atoms with E-state index in [1.165, 1.54) is 16.4 Å². The normalized spacial score (nSPS) is 18.3. The number of carbonyl (C=O) groups is 2. The van der Waals surface area contributed by atoms with Crippen molar-refractivity contribution in [3.63, 3.8) is 0 Å². The Morgan fingerprint density at radius 2 is 1.96 bits per heavy atom. The Labute approximate surface area is 141 Å². The van der Waals surface area contributed by atoms with Crippen molar-refractivity contribution in [2.75, 3.05) is 11.9 Å². The molecule has 0 bridgehead atoms. The number of carbonyl (C=O) groups excluding carboxylic acids is 2. The van der Waals surface area contributed by atoms with Gasteiger partial charge in [-0.3, -0.25) is 9.69 Å². The molecule has 0 radical (unpaired) electrons. The number of hydrogen-bond acceptors (Lipinski definition) is 5. The molecule has 0 aliphatic carbocycles. The first kappa shape index (κ1) is 17.7. The molecule has 7 heteroatoms. The van der Waals surface area contributed by atoms with Crippen LogP contribution in [0.4, 0.5) is 9.80 Å². The van der Waals surface area contributed by atoms with Gasteiger partial charge in [0, 0.05) is 12.0 Å². The summed E-state index contributed by atoms with van der Waals surface area (Å²) in [6.07, 6.45) is 0.208. The van der Waals surface area contributed by atoms with Gasteiger partial charge >= 0.3 is 6.09 Å². The number of ether oxygens (including phenoxy) is 1. The Hall–Kier alpha value is -1.63. The first-order valence-corrected chi connectivity index (χ1v) is 8.52. The van der Waals surface area contributed by atoms with Crippen molar-refractivity contribution in [3.8, 4) is 0 Å². The Morgan fingerprint density at radius 1 is 1.30 bits per heavy atom. The lowest BCUT2D eigenvalue weighted by Crippen LogP contribution is -2.57. The van der Waals surface area contributed by atoms with E-state index in [1.54, 1.807) is 0 Å². The Kier molecular flexibility index (Phi) is 4.71. The maximum absolute atomic E-state index is 12.4. The molecular formula is C16H25N3O3S. The molecule has 1 aliphatic rings. The minimum Gasteiger partial charge on any atom is -0.444 e. The average Bonchev–Trinajstić information content (AvgIpc) is 2.72. The summed E-state index contributed by atoms with van der Waals surface area (Å²) in [6, 6.07) is 1.42. The summed E-state index contributed by atoms with van der Waals surface area (Å²) in [6.45, 7) is 12.2. The van der Waals surface area contributed by atoms with Gasteiger partial charge in [0.25, 0.3) is 0 Å². The van der Waals surface area contributed by atoms with Crippen LogP contribution in [-0.2, 0) is 14.9 Å². The van der Waals surface area contributed by atoms with E-state index in [9.17, 15) is 9.59 Å². The Morgan fingerprint density at radius 3 is 2.39 bits per heavy atom. The Balaban J connectivity index is 1.96. The summed E-state index contributed by atoms with van der Waals surface area (Å²) < 4.78 is 9.69. The molecule has 0 aromatic carbocycles. The van der Waals surface area contributed by atoms with Crippen LogP contribution in [0.3, 0.4) is 0 Å². The highest BCUT2D eigenvalue weighted by atomic mass is 32.1. The van der Waals surface area contributed by atoms with Crippen molar-refractivity contribution in [3.05, 3.63) is 11.8 Å². The van der Waals surface area contributed by atoms with E-state index in [2.05, 4.69) is 30.5 Å². The fourth-order valence-electron chi connectivity index (χ4n) is 2.09. The van der Waals surface area contributed by atoms with Gasteiger partial charge in [0.05, 0.1) is 5.69 Å². The number of hydrogen-bond donors (Lipinski definition) is 1. The summed E-state index contributed by atoms with van der Waals surface area (Å²) in [5, 5.41) is 3.56. The second kappa shape index (κ2) is 6.11. The number of nitrogens with one attached hydrogen (secondary N) is 1. The molecule has 1 aromatic rings. The summed E-state index contributed by atoms with van der Waals surface area (Å²) in [7, 11) is 0. The van der Waals surface area contributed by atoms with Crippen molar-refractivity contribution in [2.45, 2.75) is 65.0 Å². The number of amides is 2. The predicted molar refractivity (Wildman–Crippen MR) is 90.8 cm³/mol. The lowest BCUT2D eigenvalue weighted by Gasteiger charge is -2.39. The fourth-order valence-corrected chi connectivity index (χ4v) is 2.93. The van der Waals surface area contributed by atoms with E-state index in [0.717, 1.165) is 5.69 Å².